The number of carbonyl (C=O) groups excluding carboxylic acids is 2. The number of fused-ring (bicyclic) bond motifs is 1. The van der Waals surface area contributed by atoms with Crippen LogP contribution in [-0.2, 0) is 23.9 Å². The Balaban J connectivity index is 1.69. The molecule has 0 amide bonds. The second-order valence-electron chi connectivity index (χ2n) is 12.9. The van der Waals surface area contributed by atoms with Gasteiger partial charge in [-0.2, -0.15) is 0 Å². The van der Waals surface area contributed by atoms with Gasteiger partial charge >= 0.3 is 13.1 Å². The van der Waals surface area contributed by atoms with E-state index >= 15 is 4.39 Å². The van der Waals surface area contributed by atoms with Gasteiger partial charge in [0.15, 0.2) is 18.1 Å². The smallest absolute Gasteiger partial charge is 0.478 e. The molecule has 1 unspecified atom stereocenters. The third kappa shape index (κ3) is 4.30. The lowest BCUT2D eigenvalue weighted by atomic mass is 9.41. The van der Waals surface area contributed by atoms with E-state index in [1.165, 1.54) is 12.3 Å². The van der Waals surface area contributed by atoms with Gasteiger partial charge in [0.1, 0.15) is 11.9 Å². The Morgan fingerprint density at radius 2 is 2.05 bits per heavy atom. The summed E-state index contributed by atoms with van der Waals surface area (Å²) in [6, 6.07) is 4.74. The molecule has 2 N–H and O–H groups in total. The second kappa shape index (κ2) is 10.3. The number of benzene rings is 1. The van der Waals surface area contributed by atoms with E-state index in [0.717, 1.165) is 0 Å². The monoisotopic (exact) mass is 569 g/mol. The van der Waals surface area contributed by atoms with Crippen LogP contribution in [0, 0.1) is 39.9 Å². The van der Waals surface area contributed by atoms with Crippen molar-refractivity contribution in [2.75, 3.05) is 0 Å². The number of nitrogens with zero attached hydrogens (tertiary/aromatic N) is 1. The van der Waals surface area contributed by atoms with Crippen LogP contribution in [0.4, 0.5) is 4.39 Å². The van der Waals surface area contributed by atoms with Crippen molar-refractivity contribution in [2.45, 2.75) is 71.8 Å². The maximum Gasteiger partial charge on any atom is 0.583 e. The summed E-state index contributed by atoms with van der Waals surface area (Å²) in [7, 11) is -1.34. The lowest BCUT2D eigenvalue weighted by Crippen LogP contribution is -2.64. The van der Waals surface area contributed by atoms with Crippen molar-refractivity contribution in [3.05, 3.63) is 36.4 Å². The SMILES string of the molecule is C=C[C@]1(C)C[C@@H](C(Oc2ccc3c(c2)B(O)ON=C3)C(=O)O)[C@@]2(C)[C@H](C)CC[C@]3(C[C@H](F)C(=O)[C@H]32)[C@@H](C)[C@@H]1OC=O. The molecule has 3 fully saturated rings. The highest BCUT2D eigenvalue weighted by molar-refractivity contribution is 6.62. The summed E-state index contributed by atoms with van der Waals surface area (Å²) in [5.74, 6) is -3.69. The molecule has 11 heteroatoms. The third-order valence-electron chi connectivity index (χ3n) is 11.1. The minimum Gasteiger partial charge on any atom is -0.478 e. The average molecular weight is 569 g/mol. The molecule has 1 heterocycles. The van der Waals surface area contributed by atoms with Gasteiger partial charge < -0.3 is 24.4 Å². The normalized spacial score (nSPS) is 40.2. The Bertz CT molecular complexity index is 1290. The van der Waals surface area contributed by atoms with Gasteiger partial charge in [0.2, 0.25) is 0 Å². The number of halogens is 1. The maximum atomic E-state index is 15.5. The molecular formula is C30H37BFNO8. The summed E-state index contributed by atoms with van der Waals surface area (Å²) in [6.45, 7) is 12.1. The summed E-state index contributed by atoms with van der Waals surface area (Å²) < 4.78 is 32.4. The molecule has 41 heavy (non-hydrogen) atoms. The lowest BCUT2D eigenvalue weighted by Gasteiger charge is -2.63. The number of Topliss-reactive ketones (excluding diaryl/α,β-unsaturated/α-hetero) is 1. The first-order chi connectivity index (χ1) is 19.3. The fourth-order valence-electron chi connectivity index (χ4n) is 8.78. The zero-order valence-electron chi connectivity index (χ0n) is 23.8. The van der Waals surface area contributed by atoms with Crippen molar-refractivity contribution >= 4 is 37.0 Å². The molecule has 0 saturated heterocycles. The first kappa shape index (κ1) is 29.3. The van der Waals surface area contributed by atoms with Gasteiger partial charge in [-0.1, -0.05) is 33.8 Å². The highest BCUT2D eigenvalue weighted by Gasteiger charge is 2.71. The van der Waals surface area contributed by atoms with E-state index in [1.807, 2.05) is 27.7 Å². The van der Waals surface area contributed by atoms with E-state index in [-0.39, 0.29) is 30.4 Å². The van der Waals surface area contributed by atoms with Crippen LogP contribution in [0.25, 0.3) is 0 Å². The number of ether oxygens (including phenoxy) is 2. The number of carboxylic acids is 1. The number of hydrogen-bond acceptors (Lipinski definition) is 8. The molecule has 9 nitrogen and oxygen atoms in total. The minimum absolute atomic E-state index is 0.00148. The molecule has 2 bridgehead atoms. The number of ketones is 1. The van der Waals surface area contributed by atoms with E-state index in [2.05, 4.69) is 11.7 Å². The van der Waals surface area contributed by atoms with Gasteiger partial charge in [0, 0.05) is 28.6 Å². The quantitative estimate of drug-likeness (QED) is 0.291. The van der Waals surface area contributed by atoms with Gasteiger partial charge in [-0.05, 0) is 66.2 Å². The van der Waals surface area contributed by atoms with Crippen molar-refractivity contribution in [3.63, 3.8) is 0 Å². The van der Waals surface area contributed by atoms with E-state index in [9.17, 15) is 24.5 Å². The molecule has 1 aliphatic heterocycles. The molecule has 3 saturated carbocycles. The van der Waals surface area contributed by atoms with E-state index in [4.69, 9.17) is 14.2 Å². The fourth-order valence-corrected chi connectivity index (χ4v) is 8.78. The molecular weight excluding hydrogens is 532 g/mol. The van der Waals surface area contributed by atoms with Crippen LogP contribution < -0.4 is 10.2 Å². The third-order valence-corrected chi connectivity index (χ3v) is 11.1. The zero-order valence-corrected chi connectivity index (χ0v) is 23.8. The van der Waals surface area contributed by atoms with Crippen LogP contribution in [0.3, 0.4) is 0 Å². The predicted molar refractivity (Wildman–Crippen MR) is 148 cm³/mol. The number of rotatable bonds is 7. The largest absolute Gasteiger partial charge is 0.583 e. The molecule has 4 aliphatic rings. The van der Waals surface area contributed by atoms with Gasteiger partial charge in [0.05, 0.1) is 6.21 Å². The number of alkyl halides is 1. The van der Waals surface area contributed by atoms with Gasteiger partial charge in [0.25, 0.3) is 6.47 Å². The minimum atomic E-state index is -1.69. The van der Waals surface area contributed by atoms with Crippen molar-refractivity contribution in [1.82, 2.24) is 0 Å². The van der Waals surface area contributed by atoms with Gasteiger partial charge in [-0.3, -0.25) is 9.59 Å². The van der Waals surface area contributed by atoms with Crippen LogP contribution >= 0.6 is 0 Å². The van der Waals surface area contributed by atoms with Crippen LogP contribution in [0.2, 0.25) is 0 Å². The van der Waals surface area contributed by atoms with Crippen LogP contribution in [0.1, 0.15) is 58.9 Å². The summed E-state index contributed by atoms with van der Waals surface area (Å²) in [4.78, 5) is 38.6. The summed E-state index contributed by atoms with van der Waals surface area (Å²) in [5.41, 5.74) is -1.74. The Hall–Kier alpha value is -3.21. The van der Waals surface area contributed by atoms with Crippen LogP contribution in [-0.4, -0.2) is 60.1 Å². The number of carboxylic acid groups (broad SMARTS) is 1. The standard InChI is InChI=1S/C30H37BFNO8/c1-6-28(4)12-20(24(27(36)37)40-19-8-7-18-14-33-41-31(38)21(18)11-19)29(5)16(2)9-10-30(17(3)26(28)39-15-34)13-22(32)23(35)25(29)30/h6-8,11,14-17,20,22,24-26,38H,1,9-10,12-13H2,2-5H3,(H,36,37)/t16-,17+,20+,22+,24?,25+,26+,28-,29-,30+/m1/s1. The summed E-state index contributed by atoms with van der Waals surface area (Å²) >= 11 is 0. The highest BCUT2D eigenvalue weighted by Crippen LogP contribution is 2.70. The number of oxime groups is 1. The lowest BCUT2D eigenvalue weighted by molar-refractivity contribution is -0.199. The van der Waals surface area contributed by atoms with Crippen molar-refractivity contribution < 1.29 is 43.1 Å². The van der Waals surface area contributed by atoms with Crippen LogP contribution in [0.5, 0.6) is 5.75 Å². The fraction of sp³-hybridized carbons (Fsp3) is 0.600. The molecule has 1 aromatic rings. The molecule has 10 atom stereocenters. The number of hydrogen-bond donors (Lipinski definition) is 2. The second-order valence-corrected chi connectivity index (χ2v) is 12.9. The van der Waals surface area contributed by atoms with Crippen molar-refractivity contribution in [1.29, 1.82) is 0 Å². The number of aliphatic carboxylic acids is 1. The Labute approximate surface area is 239 Å². The van der Waals surface area contributed by atoms with Crippen molar-refractivity contribution in [2.24, 2.45) is 45.1 Å². The molecule has 0 radical (unpaired) electrons. The molecule has 3 aliphatic carbocycles. The van der Waals surface area contributed by atoms with Crippen molar-refractivity contribution in [3.8, 4) is 5.75 Å². The summed E-state index contributed by atoms with van der Waals surface area (Å²) in [5, 5.41) is 24.6. The number of carbonyl (C=O) groups is 3. The topological polar surface area (TPSA) is 132 Å². The average Bonchev–Trinajstić information content (AvgIpc) is 3.21. The van der Waals surface area contributed by atoms with Gasteiger partial charge in [-0.25, -0.2) is 9.18 Å². The Kier molecular flexibility index (Phi) is 7.33. The van der Waals surface area contributed by atoms with Gasteiger partial charge in [-0.15, -0.1) is 11.7 Å². The first-order valence-electron chi connectivity index (χ1n) is 14.1. The molecule has 5 rings (SSSR count). The Morgan fingerprint density at radius 3 is 2.71 bits per heavy atom. The molecule has 220 valence electrons. The van der Waals surface area contributed by atoms with E-state index < -0.39 is 65.3 Å². The highest BCUT2D eigenvalue weighted by atomic mass is 19.1. The van der Waals surface area contributed by atoms with E-state index in [0.29, 0.717) is 30.3 Å². The predicted octanol–water partition coefficient (Wildman–Crippen LogP) is 3.31. The molecule has 1 aromatic carbocycles. The first-order valence-corrected chi connectivity index (χ1v) is 14.1. The Morgan fingerprint density at radius 1 is 1.32 bits per heavy atom. The maximum absolute atomic E-state index is 15.5. The van der Waals surface area contributed by atoms with E-state index in [1.54, 1.807) is 18.2 Å². The molecule has 0 aromatic heterocycles. The summed E-state index contributed by atoms with van der Waals surface area (Å²) in [6.07, 6.45) is 0.585. The molecule has 0 spiro atoms. The van der Waals surface area contributed by atoms with Crippen LogP contribution in [0.15, 0.2) is 36.0 Å². The zero-order chi connectivity index (χ0) is 29.9.